The van der Waals surface area contributed by atoms with Crippen LogP contribution in [0.15, 0.2) is 42.5 Å². The lowest BCUT2D eigenvalue weighted by Gasteiger charge is -2.17. The third-order valence-electron chi connectivity index (χ3n) is 8.16. The van der Waals surface area contributed by atoms with Gasteiger partial charge in [-0.3, -0.25) is 0 Å². The van der Waals surface area contributed by atoms with Crippen molar-refractivity contribution in [2.24, 2.45) is 0 Å². The number of hydrogen-bond acceptors (Lipinski definition) is 3. The standard InChI is InChI=1S/C38H62O2.C2H6O/c1-4-7-9-11-13-14-15-16-17-18-19-20-22-24-30-35-37(39-6-3)32-27-33-38(35)40-36-31-26-25-29-34(36)28-23-21-12-10-8-5-2;1-3-2/h25-27,29,31-33H,4-24,28,30H2,1-3H3;1-2H3. The molecule has 3 nitrogen and oxygen atoms in total. The SMILES string of the molecule is CCCCCCCCCCCCCCCCc1c(OCC)cccc1Oc1ccccc1CCCCCCCC.COC. The summed E-state index contributed by atoms with van der Waals surface area (Å²) in [6.07, 6.45) is 29.4. The van der Waals surface area contributed by atoms with E-state index in [4.69, 9.17) is 9.47 Å². The molecule has 0 heterocycles. The first-order valence-electron chi connectivity index (χ1n) is 18.1. The van der Waals surface area contributed by atoms with E-state index in [1.165, 1.54) is 140 Å². The Bertz CT molecular complexity index is 878. The molecule has 3 heteroatoms. The van der Waals surface area contributed by atoms with E-state index in [2.05, 4.69) is 68.0 Å². The first kappa shape index (κ1) is 39.0. The van der Waals surface area contributed by atoms with Gasteiger partial charge in [0.2, 0.25) is 0 Å². The van der Waals surface area contributed by atoms with Gasteiger partial charge in [-0.15, -0.1) is 0 Å². The van der Waals surface area contributed by atoms with E-state index in [9.17, 15) is 0 Å². The van der Waals surface area contributed by atoms with E-state index in [0.29, 0.717) is 6.61 Å². The largest absolute Gasteiger partial charge is 0.493 e. The molecule has 0 aliphatic heterocycles. The zero-order valence-electron chi connectivity index (χ0n) is 29.0. The molecule has 43 heavy (non-hydrogen) atoms. The van der Waals surface area contributed by atoms with Crippen LogP contribution >= 0.6 is 0 Å². The third kappa shape index (κ3) is 19.8. The Morgan fingerprint density at radius 3 is 1.37 bits per heavy atom. The second-order valence-electron chi connectivity index (χ2n) is 12.1. The normalized spacial score (nSPS) is 10.8. The molecule has 0 saturated carbocycles. The first-order valence-corrected chi connectivity index (χ1v) is 18.1. The van der Waals surface area contributed by atoms with Crippen LogP contribution in [0.25, 0.3) is 0 Å². The Morgan fingerprint density at radius 1 is 0.442 bits per heavy atom. The van der Waals surface area contributed by atoms with Crippen LogP contribution in [0.3, 0.4) is 0 Å². The van der Waals surface area contributed by atoms with Crippen molar-refractivity contribution in [1.29, 1.82) is 0 Å². The highest BCUT2D eigenvalue weighted by molar-refractivity contribution is 5.48. The molecule has 0 unspecified atom stereocenters. The van der Waals surface area contributed by atoms with E-state index in [0.717, 1.165) is 30.1 Å². The van der Waals surface area contributed by atoms with Crippen LogP contribution in [0, 0.1) is 0 Å². The molecule has 0 N–H and O–H groups in total. The molecule has 0 aliphatic carbocycles. The van der Waals surface area contributed by atoms with Gasteiger partial charge in [0.1, 0.15) is 17.2 Å². The molecule has 2 rings (SSSR count). The average Bonchev–Trinajstić information content (AvgIpc) is 3.01. The first-order chi connectivity index (χ1) is 21.2. The van der Waals surface area contributed by atoms with E-state index in [-0.39, 0.29) is 0 Å². The Balaban J connectivity index is 0.00000295. The molecule has 0 bridgehead atoms. The lowest BCUT2D eigenvalue weighted by Crippen LogP contribution is -2.01. The van der Waals surface area contributed by atoms with Crippen molar-refractivity contribution in [3.8, 4) is 17.2 Å². The number of benzene rings is 2. The number of aryl methyl sites for hydroxylation is 1. The average molecular weight is 597 g/mol. The number of rotatable bonds is 26. The van der Waals surface area contributed by atoms with Crippen LogP contribution in [0.4, 0.5) is 0 Å². The lowest BCUT2D eigenvalue weighted by atomic mass is 10.0. The third-order valence-corrected chi connectivity index (χ3v) is 8.16. The minimum Gasteiger partial charge on any atom is -0.493 e. The second kappa shape index (κ2) is 28.8. The molecule has 2 aromatic rings. The van der Waals surface area contributed by atoms with Gasteiger partial charge in [0, 0.05) is 19.8 Å². The lowest BCUT2D eigenvalue weighted by molar-refractivity contribution is 0.277. The van der Waals surface area contributed by atoms with Crippen molar-refractivity contribution in [1.82, 2.24) is 0 Å². The highest BCUT2D eigenvalue weighted by Crippen LogP contribution is 2.35. The molecule has 0 atom stereocenters. The molecule has 0 aromatic heterocycles. The highest BCUT2D eigenvalue weighted by atomic mass is 16.5. The van der Waals surface area contributed by atoms with Crippen molar-refractivity contribution in [2.75, 3.05) is 20.8 Å². The quantitative estimate of drug-likeness (QED) is 0.101. The maximum absolute atomic E-state index is 6.61. The number of para-hydroxylation sites is 1. The van der Waals surface area contributed by atoms with E-state index in [1.807, 2.05) is 0 Å². The highest BCUT2D eigenvalue weighted by Gasteiger charge is 2.13. The van der Waals surface area contributed by atoms with Gasteiger partial charge in [0.25, 0.3) is 0 Å². The van der Waals surface area contributed by atoms with Crippen LogP contribution < -0.4 is 9.47 Å². The number of hydrogen-bond donors (Lipinski definition) is 0. The molecule has 2 aromatic carbocycles. The van der Waals surface area contributed by atoms with Crippen molar-refractivity contribution in [3.05, 3.63) is 53.6 Å². The predicted molar refractivity (Wildman–Crippen MR) is 188 cm³/mol. The summed E-state index contributed by atoms with van der Waals surface area (Å²) in [5.41, 5.74) is 2.56. The summed E-state index contributed by atoms with van der Waals surface area (Å²) < 4.78 is 16.9. The topological polar surface area (TPSA) is 27.7 Å². The summed E-state index contributed by atoms with van der Waals surface area (Å²) in [6, 6.07) is 14.9. The summed E-state index contributed by atoms with van der Waals surface area (Å²) in [4.78, 5) is 0. The van der Waals surface area contributed by atoms with Crippen LogP contribution in [-0.4, -0.2) is 20.8 Å². The maximum atomic E-state index is 6.61. The van der Waals surface area contributed by atoms with Crippen LogP contribution in [0.2, 0.25) is 0 Å². The monoisotopic (exact) mass is 597 g/mol. The van der Waals surface area contributed by atoms with Gasteiger partial charge >= 0.3 is 0 Å². The van der Waals surface area contributed by atoms with Crippen molar-refractivity contribution in [3.63, 3.8) is 0 Å². The fourth-order valence-corrected chi connectivity index (χ4v) is 5.70. The van der Waals surface area contributed by atoms with Crippen LogP contribution in [-0.2, 0) is 17.6 Å². The molecular weight excluding hydrogens is 528 g/mol. The van der Waals surface area contributed by atoms with Gasteiger partial charge < -0.3 is 14.2 Å². The fraction of sp³-hybridized carbons (Fsp3) is 0.700. The van der Waals surface area contributed by atoms with Gasteiger partial charge in [-0.2, -0.15) is 0 Å². The Morgan fingerprint density at radius 2 is 0.860 bits per heavy atom. The Hall–Kier alpha value is -2.00. The summed E-state index contributed by atoms with van der Waals surface area (Å²) in [5, 5.41) is 0. The molecule has 0 spiro atoms. The van der Waals surface area contributed by atoms with Gasteiger partial charge in [-0.25, -0.2) is 0 Å². The van der Waals surface area contributed by atoms with E-state index >= 15 is 0 Å². The number of methoxy groups -OCH3 is 1. The summed E-state index contributed by atoms with van der Waals surface area (Å²) >= 11 is 0. The number of unbranched alkanes of at least 4 members (excludes halogenated alkanes) is 18. The van der Waals surface area contributed by atoms with Gasteiger partial charge in [-0.1, -0.05) is 154 Å². The molecule has 0 amide bonds. The summed E-state index contributed by atoms with van der Waals surface area (Å²) in [5.74, 6) is 2.96. The van der Waals surface area contributed by atoms with Crippen molar-refractivity contribution in [2.45, 2.75) is 162 Å². The smallest absolute Gasteiger partial charge is 0.134 e. The number of ether oxygens (including phenoxy) is 3. The summed E-state index contributed by atoms with van der Waals surface area (Å²) in [7, 11) is 3.25. The van der Waals surface area contributed by atoms with Gasteiger partial charge in [0.05, 0.1) is 6.61 Å². The molecule has 0 saturated heterocycles. The summed E-state index contributed by atoms with van der Waals surface area (Å²) in [6.45, 7) is 7.33. The van der Waals surface area contributed by atoms with Gasteiger partial charge in [-0.05, 0) is 56.4 Å². The zero-order valence-corrected chi connectivity index (χ0v) is 29.0. The van der Waals surface area contributed by atoms with Crippen LogP contribution in [0.1, 0.15) is 160 Å². The maximum Gasteiger partial charge on any atom is 0.134 e. The van der Waals surface area contributed by atoms with Crippen molar-refractivity contribution >= 4 is 0 Å². The van der Waals surface area contributed by atoms with E-state index < -0.39 is 0 Å². The predicted octanol–water partition coefficient (Wildman–Crippen LogP) is 13.1. The van der Waals surface area contributed by atoms with Gasteiger partial charge in [0.15, 0.2) is 0 Å². The van der Waals surface area contributed by atoms with Crippen molar-refractivity contribution < 1.29 is 14.2 Å². The molecular formula is C40H68O3. The Labute approximate surface area is 267 Å². The molecule has 0 fully saturated rings. The van der Waals surface area contributed by atoms with Crippen LogP contribution in [0.5, 0.6) is 17.2 Å². The fourth-order valence-electron chi connectivity index (χ4n) is 5.70. The molecule has 0 radical (unpaired) electrons. The Kier molecular flexibility index (Phi) is 26.1. The second-order valence-corrected chi connectivity index (χ2v) is 12.1. The zero-order chi connectivity index (χ0) is 31.2. The molecule has 0 aliphatic rings. The van der Waals surface area contributed by atoms with E-state index in [1.54, 1.807) is 14.2 Å². The minimum atomic E-state index is 0.684. The molecule has 246 valence electrons. The minimum absolute atomic E-state index is 0.684.